The summed E-state index contributed by atoms with van der Waals surface area (Å²) in [5.41, 5.74) is 2.74. The van der Waals surface area contributed by atoms with Gasteiger partial charge in [-0.05, 0) is 42.3 Å². The molecule has 0 aromatic heterocycles. The zero-order valence-corrected chi connectivity index (χ0v) is 12.4. The number of aliphatic hydroxyl groups is 1. The van der Waals surface area contributed by atoms with Gasteiger partial charge in [0.15, 0.2) is 0 Å². The molecule has 4 heteroatoms. The van der Waals surface area contributed by atoms with Crippen LogP contribution in [0.5, 0.6) is 5.75 Å². The molecule has 0 fully saturated rings. The van der Waals surface area contributed by atoms with Gasteiger partial charge in [-0.25, -0.2) is 0 Å². The van der Waals surface area contributed by atoms with E-state index in [1.54, 1.807) is 18.2 Å². The summed E-state index contributed by atoms with van der Waals surface area (Å²) >= 11 is 12.1. The fourth-order valence-electron chi connectivity index (χ4n) is 2.43. The first-order valence-corrected chi connectivity index (χ1v) is 7.20. The Morgan fingerprint density at radius 1 is 1.15 bits per heavy atom. The highest BCUT2D eigenvalue weighted by atomic mass is 35.5. The van der Waals surface area contributed by atoms with Crippen LogP contribution in [-0.4, -0.2) is 5.11 Å². The van der Waals surface area contributed by atoms with Crippen LogP contribution in [0, 0.1) is 6.92 Å². The van der Waals surface area contributed by atoms with Gasteiger partial charge in [-0.3, -0.25) is 0 Å². The SMILES string of the molecule is Cc1ccc(C2CC(O)c3cc(Cl)ccc3O2)cc1Cl. The molecule has 20 heavy (non-hydrogen) atoms. The molecule has 3 rings (SSSR count). The Labute approximate surface area is 127 Å². The molecular formula is C16H14Cl2O2. The topological polar surface area (TPSA) is 29.5 Å². The van der Waals surface area contributed by atoms with E-state index in [1.165, 1.54) is 0 Å². The lowest BCUT2D eigenvalue weighted by Gasteiger charge is -2.30. The van der Waals surface area contributed by atoms with Crippen molar-refractivity contribution in [3.8, 4) is 5.75 Å². The zero-order chi connectivity index (χ0) is 14.3. The normalized spacial score (nSPS) is 21.2. The van der Waals surface area contributed by atoms with Crippen LogP contribution in [0.25, 0.3) is 0 Å². The van der Waals surface area contributed by atoms with E-state index >= 15 is 0 Å². The highest BCUT2D eigenvalue weighted by Crippen LogP contribution is 2.42. The third-order valence-corrected chi connectivity index (χ3v) is 4.25. The van der Waals surface area contributed by atoms with Crippen molar-refractivity contribution in [1.29, 1.82) is 0 Å². The molecule has 104 valence electrons. The Balaban J connectivity index is 1.94. The number of aryl methyl sites for hydroxylation is 1. The Morgan fingerprint density at radius 3 is 2.70 bits per heavy atom. The molecular weight excluding hydrogens is 295 g/mol. The van der Waals surface area contributed by atoms with E-state index in [4.69, 9.17) is 27.9 Å². The quantitative estimate of drug-likeness (QED) is 0.815. The van der Waals surface area contributed by atoms with Crippen molar-refractivity contribution in [3.63, 3.8) is 0 Å². The van der Waals surface area contributed by atoms with Crippen molar-refractivity contribution in [2.45, 2.75) is 25.6 Å². The van der Waals surface area contributed by atoms with Crippen molar-refractivity contribution in [2.24, 2.45) is 0 Å². The summed E-state index contributed by atoms with van der Waals surface area (Å²) in [4.78, 5) is 0. The van der Waals surface area contributed by atoms with E-state index in [0.717, 1.165) is 16.7 Å². The fourth-order valence-corrected chi connectivity index (χ4v) is 2.80. The van der Waals surface area contributed by atoms with E-state index in [9.17, 15) is 5.11 Å². The summed E-state index contributed by atoms with van der Waals surface area (Å²) in [5, 5.41) is 11.6. The number of halogens is 2. The first-order valence-electron chi connectivity index (χ1n) is 6.45. The average Bonchev–Trinajstić information content (AvgIpc) is 2.42. The lowest BCUT2D eigenvalue weighted by Crippen LogP contribution is -2.19. The fraction of sp³-hybridized carbons (Fsp3) is 0.250. The van der Waals surface area contributed by atoms with Gasteiger partial charge in [0.1, 0.15) is 11.9 Å². The Hall–Kier alpha value is -1.22. The van der Waals surface area contributed by atoms with Gasteiger partial charge >= 0.3 is 0 Å². The van der Waals surface area contributed by atoms with Crippen molar-refractivity contribution in [3.05, 3.63) is 63.1 Å². The third kappa shape index (κ3) is 2.51. The van der Waals surface area contributed by atoms with Gasteiger partial charge < -0.3 is 9.84 Å². The maximum atomic E-state index is 10.3. The maximum absolute atomic E-state index is 10.3. The molecule has 2 aromatic rings. The van der Waals surface area contributed by atoms with Crippen LogP contribution in [0.15, 0.2) is 36.4 Å². The van der Waals surface area contributed by atoms with E-state index in [-0.39, 0.29) is 6.10 Å². The molecule has 0 aliphatic carbocycles. The summed E-state index contributed by atoms with van der Waals surface area (Å²) < 4.78 is 5.96. The van der Waals surface area contributed by atoms with E-state index in [2.05, 4.69) is 0 Å². The molecule has 0 saturated carbocycles. The van der Waals surface area contributed by atoms with Crippen molar-refractivity contribution >= 4 is 23.2 Å². The smallest absolute Gasteiger partial charge is 0.127 e. The molecule has 2 aromatic carbocycles. The summed E-state index contributed by atoms with van der Waals surface area (Å²) in [6.07, 6.45) is -0.286. The molecule has 0 spiro atoms. The van der Waals surface area contributed by atoms with Crippen LogP contribution in [-0.2, 0) is 0 Å². The van der Waals surface area contributed by atoms with Crippen LogP contribution < -0.4 is 4.74 Å². The minimum atomic E-state index is -0.581. The number of ether oxygens (including phenoxy) is 1. The molecule has 1 heterocycles. The summed E-state index contributed by atoms with van der Waals surface area (Å²) in [6.45, 7) is 1.96. The first kappa shape index (κ1) is 13.7. The van der Waals surface area contributed by atoms with Crippen LogP contribution in [0.3, 0.4) is 0 Å². The van der Waals surface area contributed by atoms with Gasteiger partial charge in [0, 0.05) is 22.0 Å². The lowest BCUT2D eigenvalue weighted by molar-refractivity contribution is 0.0657. The van der Waals surface area contributed by atoms with Gasteiger partial charge in [-0.1, -0.05) is 35.3 Å². The Bertz CT molecular complexity index is 655. The van der Waals surface area contributed by atoms with Crippen LogP contribution in [0.1, 0.15) is 35.3 Å². The minimum Gasteiger partial charge on any atom is -0.485 e. The molecule has 2 atom stereocenters. The molecule has 2 nitrogen and oxygen atoms in total. The second-order valence-electron chi connectivity index (χ2n) is 5.05. The molecule has 1 aliphatic heterocycles. The standard InChI is InChI=1S/C16H14Cl2O2/c1-9-2-3-10(6-13(9)18)16-8-14(19)12-7-11(17)4-5-15(12)20-16/h2-7,14,16,19H,8H2,1H3. The molecule has 0 amide bonds. The number of hydrogen-bond acceptors (Lipinski definition) is 2. The second-order valence-corrected chi connectivity index (χ2v) is 5.89. The number of rotatable bonds is 1. The number of aliphatic hydroxyl groups excluding tert-OH is 1. The van der Waals surface area contributed by atoms with Gasteiger partial charge in [0.2, 0.25) is 0 Å². The second kappa shape index (κ2) is 5.28. The predicted molar refractivity (Wildman–Crippen MR) is 80.6 cm³/mol. The third-order valence-electron chi connectivity index (χ3n) is 3.61. The summed E-state index contributed by atoms with van der Waals surface area (Å²) in [5.74, 6) is 0.676. The highest BCUT2D eigenvalue weighted by Gasteiger charge is 2.28. The van der Waals surface area contributed by atoms with Crippen molar-refractivity contribution in [1.82, 2.24) is 0 Å². The zero-order valence-electron chi connectivity index (χ0n) is 10.9. The van der Waals surface area contributed by atoms with E-state index in [1.807, 2.05) is 25.1 Å². The van der Waals surface area contributed by atoms with Crippen molar-refractivity contribution < 1.29 is 9.84 Å². The molecule has 0 bridgehead atoms. The van der Waals surface area contributed by atoms with Crippen LogP contribution in [0.2, 0.25) is 10.0 Å². The van der Waals surface area contributed by atoms with Gasteiger partial charge in [-0.15, -0.1) is 0 Å². The highest BCUT2D eigenvalue weighted by molar-refractivity contribution is 6.31. The van der Waals surface area contributed by atoms with Crippen LogP contribution >= 0.6 is 23.2 Å². The molecule has 1 N–H and O–H groups in total. The summed E-state index contributed by atoms with van der Waals surface area (Å²) in [7, 11) is 0. The molecule has 0 radical (unpaired) electrons. The van der Waals surface area contributed by atoms with Crippen LogP contribution in [0.4, 0.5) is 0 Å². The van der Waals surface area contributed by atoms with Gasteiger partial charge in [0.05, 0.1) is 6.10 Å². The van der Waals surface area contributed by atoms with E-state index < -0.39 is 6.10 Å². The van der Waals surface area contributed by atoms with E-state index in [0.29, 0.717) is 22.2 Å². The number of benzene rings is 2. The monoisotopic (exact) mass is 308 g/mol. The first-order chi connectivity index (χ1) is 9.54. The van der Waals surface area contributed by atoms with Gasteiger partial charge in [0.25, 0.3) is 0 Å². The average molecular weight is 309 g/mol. The predicted octanol–water partition coefficient (Wildman–Crippen LogP) is 4.86. The Kier molecular flexibility index (Phi) is 3.63. The lowest BCUT2D eigenvalue weighted by atomic mass is 9.94. The number of fused-ring (bicyclic) bond motifs is 1. The minimum absolute atomic E-state index is 0.197. The molecule has 1 aliphatic rings. The van der Waals surface area contributed by atoms with Crippen molar-refractivity contribution in [2.75, 3.05) is 0 Å². The molecule has 2 unspecified atom stereocenters. The Morgan fingerprint density at radius 2 is 1.95 bits per heavy atom. The number of hydrogen-bond donors (Lipinski definition) is 1. The summed E-state index contributed by atoms with van der Waals surface area (Å²) in [6, 6.07) is 11.2. The largest absolute Gasteiger partial charge is 0.485 e. The maximum Gasteiger partial charge on any atom is 0.127 e. The molecule has 0 saturated heterocycles. The van der Waals surface area contributed by atoms with Gasteiger partial charge in [-0.2, -0.15) is 0 Å².